The van der Waals surface area contributed by atoms with Crippen LogP contribution in [-0.2, 0) is 6.54 Å². The van der Waals surface area contributed by atoms with Crippen LogP contribution in [0.15, 0.2) is 36.4 Å². The predicted octanol–water partition coefficient (Wildman–Crippen LogP) is 2.04. The number of amides is 2. The average Bonchev–Trinajstić information content (AvgIpc) is 3.26. The highest BCUT2D eigenvalue weighted by Crippen LogP contribution is 2.27. The van der Waals surface area contributed by atoms with Gasteiger partial charge in [0.2, 0.25) is 0 Å². The van der Waals surface area contributed by atoms with Gasteiger partial charge in [-0.3, -0.25) is 4.90 Å². The lowest BCUT2D eigenvalue weighted by atomic mass is 10.0. The molecule has 27 heavy (non-hydrogen) atoms. The van der Waals surface area contributed by atoms with Gasteiger partial charge < -0.3 is 20.3 Å². The number of urea groups is 1. The Bertz CT molecular complexity index is 796. The molecular formula is C21H28N4O2. The van der Waals surface area contributed by atoms with Gasteiger partial charge >= 0.3 is 6.03 Å². The molecule has 2 fully saturated rings. The molecule has 0 radical (unpaired) electrons. The van der Waals surface area contributed by atoms with E-state index < -0.39 is 0 Å². The maximum atomic E-state index is 12.7. The second-order valence-corrected chi connectivity index (χ2v) is 7.30. The molecule has 2 heterocycles. The monoisotopic (exact) mass is 368 g/mol. The Labute approximate surface area is 160 Å². The van der Waals surface area contributed by atoms with Gasteiger partial charge in [-0.2, -0.15) is 0 Å². The summed E-state index contributed by atoms with van der Waals surface area (Å²) in [6.45, 7) is 6.14. The first-order valence-electron chi connectivity index (χ1n) is 9.78. The quantitative estimate of drug-likeness (QED) is 0.867. The van der Waals surface area contributed by atoms with Crippen LogP contribution in [0.5, 0.6) is 5.75 Å². The lowest BCUT2D eigenvalue weighted by molar-refractivity contribution is 0.114. The van der Waals surface area contributed by atoms with Crippen LogP contribution in [0.3, 0.4) is 0 Å². The van der Waals surface area contributed by atoms with Crippen molar-refractivity contribution in [1.82, 2.24) is 20.4 Å². The molecule has 0 aliphatic carbocycles. The van der Waals surface area contributed by atoms with Crippen molar-refractivity contribution >= 4 is 16.8 Å². The Balaban J connectivity index is 1.38. The van der Waals surface area contributed by atoms with Crippen LogP contribution >= 0.6 is 0 Å². The van der Waals surface area contributed by atoms with E-state index in [0.717, 1.165) is 61.4 Å². The molecule has 2 aliphatic heterocycles. The molecule has 144 valence electrons. The lowest BCUT2D eigenvalue weighted by Crippen LogP contribution is -2.54. The van der Waals surface area contributed by atoms with Crippen molar-refractivity contribution in [3.63, 3.8) is 0 Å². The van der Waals surface area contributed by atoms with Crippen molar-refractivity contribution in [1.29, 1.82) is 0 Å². The summed E-state index contributed by atoms with van der Waals surface area (Å²) in [6.07, 6.45) is 1.22. The zero-order chi connectivity index (χ0) is 18.6. The minimum Gasteiger partial charge on any atom is -0.496 e. The maximum Gasteiger partial charge on any atom is 0.317 e. The molecule has 0 unspecified atom stereocenters. The fourth-order valence-corrected chi connectivity index (χ4v) is 4.21. The molecule has 2 aliphatic rings. The third-order valence-electron chi connectivity index (χ3n) is 5.79. The number of nitrogens with zero attached hydrogens (tertiary/aromatic N) is 2. The summed E-state index contributed by atoms with van der Waals surface area (Å²) in [7, 11) is 1.67. The van der Waals surface area contributed by atoms with Crippen molar-refractivity contribution in [3.05, 3.63) is 42.0 Å². The SMILES string of the molecule is COc1ccc2ccccc2c1CNC(=O)N1CCN([C@H]2CCNC2)CC1. The van der Waals surface area contributed by atoms with Gasteiger partial charge in [0, 0.05) is 50.9 Å². The molecule has 6 heteroatoms. The molecule has 0 saturated carbocycles. The Morgan fingerprint density at radius 2 is 2.00 bits per heavy atom. The van der Waals surface area contributed by atoms with Crippen LogP contribution < -0.4 is 15.4 Å². The topological polar surface area (TPSA) is 56.8 Å². The summed E-state index contributed by atoms with van der Waals surface area (Å²) >= 11 is 0. The number of hydrogen-bond acceptors (Lipinski definition) is 4. The summed E-state index contributed by atoms with van der Waals surface area (Å²) in [5, 5.41) is 8.79. The fraction of sp³-hybridized carbons (Fsp3) is 0.476. The number of fused-ring (bicyclic) bond motifs is 1. The van der Waals surface area contributed by atoms with E-state index in [-0.39, 0.29) is 6.03 Å². The highest BCUT2D eigenvalue weighted by atomic mass is 16.5. The molecule has 6 nitrogen and oxygen atoms in total. The number of piperazine rings is 1. The number of rotatable bonds is 4. The summed E-state index contributed by atoms with van der Waals surface area (Å²) in [4.78, 5) is 17.1. The Morgan fingerprint density at radius 3 is 2.74 bits per heavy atom. The van der Waals surface area contributed by atoms with Crippen LogP contribution in [0.25, 0.3) is 10.8 Å². The van der Waals surface area contributed by atoms with Gasteiger partial charge in [0.05, 0.1) is 7.11 Å². The first-order chi connectivity index (χ1) is 13.3. The van der Waals surface area contributed by atoms with E-state index in [4.69, 9.17) is 4.74 Å². The molecular weight excluding hydrogens is 340 g/mol. The van der Waals surface area contributed by atoms with Gasteiger partial charge in [-0.15, -0.1) is 0 Å². The first kappa shape index (κ1) is 18.1. The van der Waals surface area contributed by atoms with Crippen LogP contribution in [-0.4, -0.2) is 68.3 Å². The van der Waals surface area contributed by atoms with Crippen LogP contribution in [0.1, 0.15) is 12.0 Å². The third kappa shape index (κ3) is 3.87. The normalized spacial score (nSPS) is 20.8. The van der Waals surface area contributed by atoms with Crippen LogP contribution in [0.4, 0.5) is 4.79 Å². The number of methoxy groups -OCH3 is 1. The van der Waals surface area contributed by atoms with Crippen molar-refractivity contribution in [3.8, 4) is 5.75 Å². The Hall–Kier alpha value is -2.31. The molecule has 0 bridgehead atoms. The summed E-state index contributed by atoms with van der Waals surface area (Å²) < 4.78 is 5.52. The molecule has 2 amide bonds. The maximum absolute atomic E-state index is 12.7. The zero-order valence-electron chi connectivity index (χ0n) is 15.9. The summed E-state index contributed by atoms with van der Waals surface area (Å²) in [5.74, 6) is 0.813. The molecule has 0 aromatic heterocycles. The van der Waals surface area contributed by atoms with Gasteiger partial charge in [-0.05, 0) is 29.8 Å². The van der Waals surface area contributed by atoms with E-state index in [0.29, 0.717) is 12.6 Å². The lowest BCUT2D eigenvalue weighted by Gasteiger charge is -2.37. The van der Waals surface area contributed by atoms with Gasteiger partial charge in [-0.25, -0.2) is 4.79 Å². The van der Waals surface area contributed by atoms with Gasteiger partial charge in [0.25, 0.3) is 0 Å². The minimum atomic E-state index is 0.00850. The standard InChI is InChI=1S/C21H28N4O2/c1-27-20-7-6-16-4-2-3-5-18(16)19(20)15-23-21(26)25-12-10-24(11-13-25)17-8-9-22-14-17/h2-7,17,22H,8-15H2,1H3,(H,23,26)/t17-/m0/s1. The number of hydrogen-bond donors (Lipinski definition) is 2. The van der Waals surface area contributed by atoms with Crippen molar-refractivity contribution in [2.75, 3.05) is 46.4 Å². The predicted molar refractivity (Wildman–Crippen MR) is 107 cm³/mol. The summed E-state index contributed by atoms with van der Waals surface area (Å²) in [5.41, 5.74) is 1.03. The number of carbonyl (C=O) groups is 1. The first-order valence-corrected chi connectivity index (χ1v) is 9.78. The van der Waals surface area contributed by atoms with E-state index >= 15 is 0 Å². The number of carbonyl (C=O) groups excluding carboxylic acids is 1. The second kappa shape index (κ2) is 8.15. The highest BCUT2D eigenvalue weighted by molar-refractivity contribution is 5.88. The third-order valence-corrected chi connectivity index (χ3v) is 5.79. The van der Waals surface area contributed by atoms with E-state index in [9.17, 15) is 4.79 Å². The van der Waals surface area contributed by atoms with Gasteiger partial charge in [-0.1, -0.05) is 30.3 Å². The van der Waals surface area contributed by atoms with Crippen molar-refractivity contribution < 1.29 is 9.53 Å². The van der Waals surface area contributed by atoms with Crippen molar-refractivity contribution in [2.24, 2.45) is 0 Å². The van der Waals surface area contributed by atoms with Crippen LogP contribution in [0.2, 0.25) is 0 Å². The number of ether oxygens (including phenoxy) is 1. The zero-order valence-corrected chi connectivity index (χ0v) is 15.9. The minimum absolute atomic E-state index is 0.00850. The highest BCUT2D eigenvalue weighted by Gasteiger charge is 2.27. The molecule has 2 aromatic carbocycles. The van der Waals surface area contributed by atoms with E-state index in [2.05, 4.69) is 33.7 Å². The molecule has 0 spiro atoms. The second-order valence-electron chi connectivity index (χ2n) is 7.30. The van der Waals surface area contributed by atoms with E-state index in [1.807, 2.05) is 23.1 Å². The summed E-state index contributed by atoms with van der Waals surface area (Å²) in [6, 6.07) is 12.9. The largest absolute Gasteiger partial charge is 0.496 e. The molecule has 2 saturated heterocycles. The Kier molecular flexibility index (Phi) is 5.45. The molecule has 2 aromatic rings. The fourth-order valence-electron chi connectivity index (χ4n) is 4.21. The molecule has 1 atom stereocenters. The van der Waals surface area contributed by atoms with Gasteiger partial charge in [0.1, 0.15) is 5.75 Å². The van der Waals surface area contributed by atoms with E-state index in [1.165, 1.54) is 6.42 Å². The average molecular weight is 368 g/mol. The van der Waals surface area contributed by atoms with Crippen LogP contribution in [0, 0.1) is 0 Å². The smallest absolute Gasteiger partial charge is 0.317 e. The molecule has 2 N–H and O–H groups in total. The molecule has 4 rings (SSSR count). The van der Waals surface area contributed by atoms with Crippen molar-refractivity contribution in [2.45, 2.75) is 19.0 Å². The number of benzene rings is 2. The number of nitrogens with one attached hydrogen (secondary N) is 2. The van der Waals surface area contributed by atoms with Gasteiger partial charge in [0.15, 0.2) is 0 Å². The van der Waals surface area contributed by atoms with E-state index in [1.54, 1.807) is 7.11 Å². The Morgan fingerprint density at radius 1 is 1.19 bits per heavy atom.